The highest BCUT2D eigenvalue weighted by Gasteiger charge is 2.49. The predicted octanol–water partition coefficient (Wildman–Crippen LogP) is 4.75. The minimum atomic E-state index is -1.07. The van der Waals surface area contributed by atoms with Crippen molar-refractivity contribution in [3.05, 3.63) is 88.0 Å². The van der Waals surface area contributed by atoms with Gasteiger partial charge in [-0.05, 0) is 43.7 Å². The standard InChI is InChI=1S/C28H26N2O7S/c1-6-13-37-27(34)25-16(3)29-28(38-25)30-22(19-9-7-8-10-20(19)36-5)21(24(32)26(30)33)23(31)18-12-11-17(35-4)14-15(18)2/h6-12,14,22,31H,1,13H2,2-5H3/t22-/m0/s1. The number of Topliss-reactive ketones (excluding diaryl/α,β-unsaturated/α-hetero) is 1. The lowest BCUT2D eigenvalue weighted by Gasteiger charge is -2.24. The first-order valence-corrected chi connectivity index (χ1v) is 12.4. The molecule has 1 aliphatic rings. The van der Waals surface area contributed by atoms with E-state index in [1.807, 2.05) is 0 Å². The van der Waals surface area contributed by atoms with Crippen LogP contribution in [0, 0.1) is 13.8 Å². The summed E-state index contributed by atoms with van der Waals surface area (Å²) in [6.45, 7) is 6.92. The van der Waals surface area contributed by atoms with Crippen LogP contribution in [-0.4, -0.2) is 48.6 Å². The summed E-state index contributed by atoms with van der Waals surface area (Å²) < 4.78 is 15.9. The zero-order chi connectivity index (χ0) is 27.6. The van der Waals surface area contributed by atoms with Crippen LogP contribution in [0.4, 0.5) is 5.13 Å². The topological polar surface area (TPSA) is 115 Å². The molecule has 1 aromatic heterocycles. The number of aliphatic hydroxyl groups excluding tert-OH is 1. The Kier molecular flexibility index (Phi) is 7.63. The van der Waals surface area contributed by atoms with Crippen LogP contribution in [0.5, 0.6) is 11.5 Å². The molecule has 0 spiro atoms. The van der Waals surface area contributed by atoms with Gasteiger partial charge in [0.2, 0.25) is 0 Å². The number of nitrogens with zero attached hydrogens (tertiary/aromatic N) is 2. The van der Waals surface area contributed by atoms with E-state index in [2.05, 4.69) is 11.6 Å². The number of hydrogen-bond donors (Lipinski definition) is 1. The van der Waals surface area contributed by atoms with E-state index in [-0.39, 0.29) is 27.9 Å². The molecule has 1 atom stereocenters. The largest absolute Gasteiger partial charge is 0.507 e. The van der Waals surface area contributed by atoms with Crippen molar-refractivity contribution in [2.75, 3.05) is 25.7 Å². The van der Waals surface area contributed by atoms with E-state index in [9.17, 15) is 19.5 Å². The second-order valence-electron chi connectivity index (χ2n) is 8.39. The van der Waals surface area contributed by atoms with Crippen molar-refractivity contribution in [3.63, 3.8) is 0 Å². The minimum absolute atomic E-state index is 0.0123. The number of ketones is 1. The van der Waals surface area contributed by atoms with Gasteiger partial charge in [-0.1, -0.05) is 42.2 Å². The Labute approximate surface area is 223 Å². The molecule has 1 saturated heterocycles. The van der Waals surface area contributed by atoms with Crippen molar-refractivity contribution >= 4 is 39.9 Å². The van der Waals surface area contributed by atoms with Gasteiger partial charge in [0.15, 0.2) is 5.13 Å². The zero-order valence-corrected chi connectivity index (χ0v) is 22.1. The summed E-state index contributed by atoms with van der Waals surface area (Å²) in [6.07, 6.45) is 1.44. The van der Waals surface area contributed by atoms with Gasteiger partial charge < -0.3 is 19.3 Å². The highest BCUT2D eigenvalue weighted by molar-refractivity contribution is 7.17. The number of carbonyl (C=O) groups is 3. The van der Waals surface area contributed by atoms with Gasteiger partial charge in [0, 0.05) is 11.1 Å². The number of amides is 1. The van der Waals surface area contributed by atoms with Crippen molar-refractivity contribution in [2.24, 2.45) is 0 Å². The number of carbonyl (C=O) groups excluding carboxylic acids is 3. The molecule has 2 heterocycles. The van der Waals surface area contributed by atoms with Crippen molar-refractivity contribution in [1.29, 1.82) is 0 Å². The molecule has 3 aromatic rings. The van der Waals surface area contributed by atoms with E-state index >= 15 is 0 Å². The molecule has 4 rings (SSSR count). The Morgan fingerprint density at radius 3 is 2.55 bits per heavy atom. The van der Waals surface area contributed by atoms with Gasteiger partial charge in [0.1, 0.15) is 34.8 Å². The van der Waals surface area contributed by atoms with E-state index < -0.39 is 23.7 Å². The van der Waals surface area contributed by atoms with Gasteiger partial charge >= 0.3 is 11.9 Å². The number of esters is 1. The number of rotatable bonds is 8. The number of anilines is 1. The van der Waals surface area contributed by atoms with Gasteiger partial charge in [-0.3, -0.25) is 14.5 Å². The summed E-state index contributed by atoms with van der Waals surface area (Å²) in [7, 11) is 3.00. The number of benzene rings is 2. The van der Waals surface area contributed by atoms with Crippen LogP contribution in [0.2, 0.25) is 0 Å². The summed E-state index contributed by atoms with van der Waals surface area (Å²) in [5.74, 6) is -1.77. The van der Waals surface area contributed by atoms with Crippen molar-refractivity contribution in [3.8, 4) is 11.5 Å². The molecule has 1 N–H and O–H groups in total. The smallest absolute Gasteiger partial charge is 0.350 e. The number of thiazole rings is 1. The number of aromatic nitrogens is 1. The lowest BCUT2D eigenvalue weighted by atomic mass is 9.93. The Morgan fingerprint density at radius 1 is 1.16 bits per heavy atom. The maximum absolute atomic E-state index is 13.5. The number of methoxy groups -OCH3 is 2. The zero-order valence-electron chi connectivity index (χ0n) is 21.3. The third-order valence-corrected chi connectivity index (χ3v) is 7.21. The van der Waals surface area contributed by atoms with Gasteiger partial charge in [-0.2, -0.15) is 0 Å². The molecule has 1 amide bonds. The fourth-order valence-electron chi connectivity index (χ4n) is 4.27. The fraction of sp³-hybridized carbons (Fsp3) is 0.214. The van der Waals surface area contributed by atoms with E-state index in [0.29, 0.717) is 33.9 Å². The Bertz CT molecular complexity index is 1470. The number of para-hydroxylation sites is 1. The monoisotopic (exact) mass is 534 g/mol. The molecule has 9 nitrogen and oxygen atoms in total. The molecular formula is C28H26N2O7S. The van der Waals surface area contributed by atoms with E-state index in [0.717, 1.165) is 11.3 Å². The predicted molar refractivity (Wildman–Crippen MR) is 143 cm³/mol. The van der Waals surface area contributed by atoms with Crippen LogP contribution in [-0.2, 0) is 14.3 Å². The lowest BCUT2D eigenvalue weighted by Crippen LogP contribution is -2.29. The summed E-state index contributed by atoms with van der Waals surface area (Å²) in [4.78, 5) is 45.3. The van der Waals surface area contributed by atoms with E-state index in [1.165, 1.54) is 25.2 Å². The Morgan fingerprint density at radius 2 is 1.89 bits per heavy atom. The van der Waals surface area contributed by atoms with Crippen LogP contribution in [0.15, 0.2) is 60.7 Å². The highest BCUT2D eigenvalue weighted by Crippen LogP contribution is 2.46. The van der Waals surface area contributed by atoms with Crippen LogP contribution in [0.3, 0.4) is 0 Å². The summed E-state index contributed by atoms with van der Waals surface area (Å²) in [5.41, 5.74) is 1.68. The van der Waals surface area contributed by atoms with Crippen molar-refractivity contribution in [1.82, 2.24) is 4.98 Å². The fourth-order valence-corrected chi connectivity index (χ4v) is 5.25. The van der Waals surface area contributed by atoms with Gasteiger partial charge in [-0.25, -0.2) is 9.78 Å². The van der Waals surface area contributed by atoms with Crippen molar-refractivity contribution < 1.29 is 33.7 Å². The molecule has 38 heavy (non-hydrogen) atoms. The van der Waals surface area contributed by atoms with Gasteiger partial charge in [0.05, 0.1) is 25.5 Å². The second kappa shape index (κ2) is 10.9. The molecule has 0 aliphatic carbocycles. The SMILES string of the molecule is C=CCOC(=O)c1sc(N2C(=O)C(=O)C(=C(O)c3ccc(OC)cc3C)[C@@H]2c2ccccc2OC)nc1C. The second-order valence-corrected chi connectivity index (χ2v) is 9.37. The van der Waals surface area contributed by atoms with Gasteiger partial charge in [0.25, 0.3) is 5.78 Å². The molecule has 0 saturated carbocycles. The molecule has 2 aromatic carbocycles. The molecule has 0 unspecified atom stereocenters. The number of aliphatic hydroxyl groups is 1. The normalized spacial score (nSPS) is 16.4. The number of hydrogen-bond acceptors (Lipinski definition) is 9. The van der Waals surface area contributed by atoms with Crippen LogP contribution in [0.25, 0.3) is 5.76 Å². The molecule has 196 valence electrons. The molecule has 10 heteroatoms. The first-order chi connectivity index (χ1) is 18.2. The lowest BCUT2D eigenvalue weighted by molar-refractivity contribution is -0.132. The Hall–Kier alpha value is -4.44. The average Bonchev–Trinajstić information content (AvgIpc) is 3.43. The number of aryl methyl sites for hydroxylation is 2. The highest BCUT2D eigenvalue weighted by atomic mass is 32.1. The van der Waals surface area contributed by atoms with E-state index in [1.54, 1.807) is 56.3 Å². The van der Waals surface area contributed by atoms with Crippen molar-refractivity contribution in [2.45, 2.75) is 19.9 Å². The first kappa shape index (κ1) is 26.6. The number of ether oxygens (including phenoxy) is 3. The Balaban J connectivity index is 1.94. The van der Waals surface area contributed by atoms with E-state index in [4.69, 9.17) is 14.2 Å². The summed E-state index contributed by atoms with van der Waals surface area (Å²) in [5, 5.41) is 11.6. The maximum atomic E-state index is 13.5. The van der Waals surface area contributed by atoms with Gasteiger partial charge in [-0.15, -0.1) is 0 Å². The summed E-state index contributed by atoms with van der Waals surface area (Å²) >= 11 is 0.922. The van der Waals surface area contributed by atoms with Crippen LogP contribution >= 0.6 is 11.3 Å². The molecule has 1 fully saturated rings. The average molecular weight is 535 g/mol. The van der Waals surface area contributed by atoms with Crippen LogP contribution < -0.4 is 14.4 Å². The molecular weight excluding hydrogens is 508 g/mol. The third kappa shape index (κ3) is 4.66. The summed E-state index contributed by atoms with van der Waals surface area (Å²) in [6, 6.07) is 10.8. The molecule has 1 aliphatic heterocycles. The maximum Gasteiger partial charge on any atom is 0.350 e. The van der Waals surface area contributed by atoms with Crippen LogP contribution in [0.1, 0.15) is 38.1 Å². The quantitative estimate of drug-likeness (QED) is 0.145. The molecule has 0 radical (unpaired) electrons. The first-order valence-electron chi connectivity index (χ1n) is 11.6. The molecule has 0 bridgehead atoms. The minimum Gasteiger partial charge on any atom is -0.507 e. The third-order valence-electron chi connectivity index (χ3n) is 6.08.